The fourth-order valence-corrected chi connectivity index (χ4v) is 2.88. The molecule has 0 aromatic carbocycles. The molecule has 2 nitrogen and oxygen atoms in total. The first-order valence-corrected chi connectivity index (χ1v) is 5.16. The summed E-state index contributed by atoms with van der Waals surface area (Å²) >= 11 is 5.92. The summed E-state index contributed by atoms with van der Waals surface area (Å²) in [5.74, 6) is 1.96. The summed E-state index contributed by atoms with van der Waals surface area (Å²) in [5.41, 5.74) is 1.67. The molecule has 0 amide bonds. The summed E-state index contributed by atoms with van der Waals surface area (Å²) in [6, 6.07) is 2.10. The average Bonchev–Trinajstić information content (AvgIpc) is 2.41. The van der Waals surface area contributed by atoms with E-state index in [-0.39, 0.29) is 0 Å². The summed E-state index contributed by atoms with van der Waals surface area (Å²) < 4.78 is 1.96. The quantitative estimate of drug-likeness (QED) is 0.668. The molecule has 72 valence electrons. The molecular formula is C10H15ClN2. The van der Waals surface area contributed by atoms with Crippen LogP contribution in [0.15, 0.2) is 12.3 Å². The number of aryl methyl sites for hydroxylation is 1. The van der Waals surface area contributed by atoms with E-state index in [0.29, 0.717) is 17.3 Å². The first-order valence-electron chi connectivity index (χ1n) is 4.63. The fraction of sp³-hybridized carbons (Fsp3) is 0.700. The molecule has 1 aliphatic carbocycles. The van der Waals surface area contributed by atoms with Gasteiger partial charge in [-0.15, -0.1) is 11.6 Å². The Bertz CT molecular complexity index is 316. The number of nitrogens with zero attached hydrogens (tertiary/aromatic N) is 2. The second-order valence-electron chi connectivity index (χ2n) is 4.44. The van der Waals surface area contributed by atoms with Crippen molar-refractivity contribution in [1.82, 2.24) is 9.78 Å². The molecule has 1 aromatic rings. The van der Waals surface area contributed by atoms with Gasteiger partial charge in [-0.25, -0.2) is 0 Å². The molecule has 3 heteroatoms. The van der Waals surface area contributed by atoms with Crippen molar-refractivity contribution in [1.29, 1.82) is 0 Å². The van der Waals surface area contributed by atoms with Crippen LogP contribution < -0.4 is 0 Å². The Morgan fingerprint density at radius 2 is 2.31 bits per heavy atom. The van der Waals surface area contributed by atoms with E-state index in [0.717, 1.165) is 5.88 Å². The third kappa shape index (κ3) is 1.19. The van der Waals surface area contributed by atoms with Crippen LogP contribution in [0.5, 0.6) is 0 Å². The number of alkyl halides is 1. The van der Waals surface area contributed by atoms with Gasteiger partial charge in [0.05, 0.1) is 0 Å². The zero-order valence-corrected chi connectivity index (χ0v) is 9.04. The van der Waals surface area contributed by atoms with E-state index in [1.165, 1.54) is 5.69 Å². The highest BCUT2D eigenvalue weighted by Crippen LogP contribution is 2.64. The predicted octanol–water partition coefficient (Wildman–Crippen LogP) is 2.40. The van der Waals surface area contributed by atoms with Gasteiger partial charge in [0, 0.05) is 30.7 Å². The Labute approximate surface area is 83.9 Å². The van der Waals surface area contributed by atoms with Crippen molar-refractivity contribution in [2.45, 2.75) is 19.8 Å². The molecule has 0 saturated heterocycles. The zero-order valence-electron chi connectivity index (χ0n) is 8.29. The molecule has 0 spiro atoms. The smallest absolute Gasteiger partial charge is 0.0492 e. The van der Waals surface area contributed by atoms with Gasteiger partial charge in [0.2, 0.25) is 0 Å². The molecule has 0 bridgehead atoms. The molecule has 13 heavy (non-hydrogen) atoms. The highest BCUT2D eigenvalue weighted by atomic mass is 35.5. The Hall–Kier alpha value is -0.500. The van der Waals surface area contributed by atoms with Crippen LogP contribution in [0, 0.1) is 11.3 Å². The van der Waals surface area contributed by atoms with E-state index in [1.54, 1.807) is 0 Å². The third-order valence-electron chi connectivity index (χ3n) is 3.39. The van der Waals surface area contributed by atoms with Crippen LogP contribution in [-0.4, -0.2) is 15.7 Å². The summed E-state index contributed by atoms with van der Waals surface area (Å²) in [5, 5.41) is 4.19. The molecule has 2 unspecified atom stereocenters. The lowest BCUT2D eigenvalue weighted by Gasteiger charge is -2.02. The van der Waals surface area contributed by atoms with E-state index in [9.17, 15) is 0 Å². The van der Waals surface area contributed by atoms with E-state index in [1.807, 2.05) is 17.9 Å². The zero-order chi connectivity index (χ0) is 9.64. The van der Waals surface area contributed by atoms with Crippen LogP contribution >= 0.6 is 11.6 Å². The first kappa shape index (κ1) is 9.07. The fourth-order valence-electron chi connectivity index (χ4n) is 2.31. The van der Waals surface area contributed by atoms with Crippen LogP contribution in [-0.2, 0) is 7.05 Å². The van der Waals surface area contributed by atoms with Crippen molar-refractivity contribution < 1.29 is 0 Å². The van der Waals surface area contributed by atoms with Crippen LogP contribution in [0.3, 0.4) is 0 Å². The molecule has 0 aliphatic heterocycles. The molecule has 2 atom stereocenters. The Balaban J connectivity index is 2.26. The van der Waals surface area contributed by atoms with Gasteiger partial charge in [0.1, 0.15) is 0 Å². The monoisotopic (exact) mass is 198 g/mol. The van der Waals surface area contributed by atoms with Gasteiger partial charge in [0.15, 0.2) is 0 Å². The van der Waals surface area contributed by atoms with E-state index >= 15 is 0 Å². The minimum atomic E-state index is 0.357. The van der Waals surface area contributed by atoms with Crippen molar-refractivity contribution >= 4 is 11.6 Å². The lowest BCUT2D eigenvalue weighted by atomic mass is 10.1. The number of halogens is 1. The van der Waals surface area contributed by atoms with E-state index in [2.05, 4.69) is 25.0 Å². The lowest BCUT2D eigenvalue weighted by Crippen LogP contribution is -1.99. The molecular weight excluding hydrogens is 184 g/mol. The molecule has 1 aromatic heterocycles. The van der Waals surface area contributed by atoms with Gasteiger partial charge >= 0.3 is 0 Å². The highest BCUT2D eigenvalue weighted by Gasteiger charge is 2.58. The predicted molar refractivity (Wildman–Crippen MR) is 53.9 cm³/mol. The normalized spacial score (nSPS) is 30.5. The van der Waals surface area contributed by atoms with Gasteiger partial charge < -0.3 is 0 Å². The molecule has 2 rings (SSSR count). The minimum absolute atomic E-state index is 0.357. The van der Waals surface area contributed by atoms with Gasteiger partial charge in [-0.05, 0) is 17.4 Å². The largest absolute Gasteiger partial charge is 0.272 e. The van der Waals surface area contributed by atoms with E-state index in [4.69, 9.17) is 11.6 Å². The maximum atomic E-state index is 5.92. The second kappa shape index (κ2) is 2.74. The SMILES string of the molecule is Cn1nccc1C1C(CCl)C1(C)C. The van der Waals surface area contributed by atoms with Gasteiger partial charge in [-0.1, -0.05) is 13.8 Å². The van der Waals surface area contributed by atoms with Gasteiger partial charge in [-0.2, -0.15) is 5.10 Å². The minimum Gasteiger partial charge on any atom is -0.272 e. The first-order chi connectivity index (χ1) is 6.09. The Morgan fingerprint density at radius 3 is 2.69 bits per heavy atom. The summed E-state index contributed by atoms with van der Waals surface area (Å²) in [6.07, 6.45) is 1.86. The number of hydrogen-bond donors (Lipinski definition) is 0. The Kier molecular flexibility index (Phi) is 1.91. The van der Waals surface area contributed by atoms with Crippen molar-refractivity contribution in [3.05, 3.63) is 18.0 Å². The number of aromatic nitrogens is 2. The topological polar surface area (TPSA) is 17.8 Å². The van der Waals surface area contributed by atoms with Crippen LogP contribution in [0.4, 0.5) is 0 Å². The average molecular weight is 199 g/mol. The number of hydrogen-bond acceptors (Lipinski definition) is 1. The van der Waals surface area contributed by atoms with Gasteiger partial charge in [0.25, 0.3) is 0 Å². The summed E-state index contributed by atoms with van der Waals surface area (Å²) in [7, 11) is 2.00. The van der Waals surface area contributed by atoms with Crippen molar-refractivity contribution in [3.8, 4) is 0 Å². The van der Waals surface area contributed by atoms with Crippen molar-refractivity contribution in [2.75, 3.05) is 5.88 Å². The van der Waals surface area contributed by atoms with E-state index < -0.39 is 0 Å². The second-order valence-corrected chi connectivity index (χ2v) is 4.75. The molecule has 1 aliphatic rings. The standard InChI is InChI=1S/C10H15ClN2/c1-10(2)7(6-11)9(10)8-4-5-12-13(8)3/h4-5,7,9H,6H2,1-3H3. The Morgan fingerprint density at radius 1 is 1.62 bits per heavy atom. The molecule has 1 saturated carbocycles. The van der Waals surface area contributed by atoms with Crippen LogP contribution in [0.25, 0.3) is 0 Å². The number of rotatable bonds is 2. The molecule has 0 radical (unpaired) electrons. The van der Waals surface area contributed by atoms with Crippen molar-refractivity contribution in [3.63, 3.8) is 0 Å². The maximum absolute atomic E-state index is 5.92. The lowest BCUT2D eigenvalue weighted by molar-refractivity contribution is 0.567. The third-order valence-corrected chi connectivity index (χ3v) is 3.73. The van der Waals surface area contributed by atoms with Gasteiger partial charge in [-0.3, -0.25) is 4.68 Å². The van der Waals surface area contributed by atoms with Crippen LogP contribution in [0.1, 0.15) is 25.5 Å². The summed E-state index contributed by atoms with van der Waals surface area (Å²) in [6.45, 7) is 4.55. The van der Waals surface area contributed by atoms with Crippen LogP contribution in [0.2, 0.25) is 0 Å². The maximum Gasteiger partial charge on any atom is 0.0492 e. The van der Waals surface area contributed by atoms with Crippen molar-refractivity contribution in [2.24, 2.45) is 18.4 Å². The summed E-state index contributed by atoms with van der Waals surface area (Å²) in [4.78, 5) is 0. The highest BCUT2D eigenvalue weighted by molar-refractivity contribution is 6.18. The molecule has 1 fully saturated rings. The molecule has 1 heterocycles. The molecule has 0 N–H and O–H groups in total.